The lowest BCUT2D eigenvalue weighted by atomic mass is 9.91. The van der Waals surface area contributed by atoms with Gasteiger partial charge < -0.3 is 30.3 Å². The average Bonchev–Trinajstić information content (AvgIpc) is 3.04. The number of aromatic carboxylic acids is 1. The number of aromatic nitrogens is 1. The van der Waals surface area contributed by atoms with Crippen LogP contribution in [0.15, 0.2) is 102 Å². The van der Waals surface area contributed by atoms with Crippen LogP contribution >= 0.6 is 11.8 Å². The first kappa shape index (κ1) is 30.2. The Morgan fingerprint density at radius 3 is 2.30 bits per heavy atom. The molecule has 0 radical (unpaired) electrons. The number of carboxylic acid groups (broad SMARTS) is 1. The van der Waals surface area contributed by atoms with Crippen molar-refractivity contribution in [3.63, 3.8) is 0 Å². The molecule has 0 spiro atoms. The van der Waals surface area contributed by atoms with Gasteiger partial charge >= 0.3 is 12.0 Å². The number of carboxylic acids is 1. The molecule has 4 aromatic rings. The Morgan fingerprint density at radius 2 is 1.60 bits per heavy atom. The second-order valence-corrected chi connectivity index (χ2v) is 11.2. The van der Waals surface area contributed by atoms with Gasteiger partial charge in [0.2, 0.25) is 0 Å². The van der Waals surface area contributed by atoms with Crippen LogP contribution < -0.4 is 10.6 Å². The number of hydrogen-bond acceptors (Lipinski definition) is 7. The van der Waals surface area contributed by atoms with Gasteiger partial charge in [0.05, 0.1) is 24.4 Å². The summed E-state index contributed by atoms with van der Waals surface area (Å²) in [5, 5.41) is 25.2. The van der Waals surface area contributed by atoms with Crippen molar-refractivity contribution in [1.82, 2.24) is 10.3 Å². The Balaban J connectivity index is 1.30. The first-order valence-corrected chi connectivity index (χ1v) is 14.9. The lowest BCUT2D eigenvalue weighted by Gasteiger charge is -2.41. The van der Waals surface area contributed by atoms with Gasteiger partial charge in [-0.15, -0.1) is 11.8 Å². The fraction of sp³-hybridized carbons (Fsp3) is 0.242. The summed E-state index contributed by atoms with van der Waals surface area (Å²) in [5.41, 5.74) is 4.31. The highest BCUT2D eigenvalue weighted by Gasteiger charge is 2.38. The van der Waals surface area contributed by atoms with Crippen molar-refractivity contribution in [2.75, 3.05) is 11.1 Å². The molecule has 0 unspecified atom stereocenters. The minimum atomic E-state index is -1.03. The molecule has 43 heavy (non-hydrogen) atoms. The van der Waals surface area contributed by atoms with E-state index in [1.165, 1.54) is 17.8 Å². The molecule has 2 heterocycles. The summed E-state index contributed by atoms with van der Waals surface area (Å²) >= 11 is 1.34. The van der Waals surface area contributed by atoms with Crippen LogP contribution in [0, 0.1) is 5.92 Å². The van der Waals surface area contributed by atoms with Crippen molar-refractivity contribution in [3.05, 3.63) is 125 Å². The summed E-state index contributed by atoms with van der Waals surface area (Å²) in [7, 11) is 0. The number of urea groups is 1. The summed E-state index contributed by atoms with van der Waals surface area (Å²) in [6, 6.07) is 27.4. The Bertz CT molecular complexity index is 1520. The van der Waals surface area contributed by atoms with Gasteiger partial charge in [-0.1, -0.05) is 73.7 Å². The molecule has 1 aromatic heterocycles. The van der Waals surface area contributed by atoms with Gasteiger partial charge in [-0.25, -0.2) is 14.6 Å². The summed E-state index contributed by atoms with van der Waals surface area (Å²) in [6.07, 6.45) is 0.264. The van der Waals surface area contributed by atoms with Gasteiger partial charge in [-0.3, -0.25) is 0 Å². The van der Waals surface area contributed by atoms with Crippen LogP contribution in [0.4, 0.5) is 10.5 Å². The fourth-order valence-electron chi connectivity index (χ4n) is 4.82. The second-order valence-electron chi connectivity index (χ2n) is 10.2. The maximum absolute atomic E-state index is 12.4. The average molecular weight is 600 g/mol. The minimum Gasteiger partial charge on any atom is -0.478 e. The van der Waals surface area contributed by atoms with Crippen LogP contribution in [0.3, 0.4) is 0 Å². The fourth-order valence-corrected chi connectivity index (χ4v) is 5.97. The molecular weight excluding hydrogens is 566 g/mol. The van der Waals surface area contributed by atoms with E-state index in [4.69, 9.17) is 9.47 Å². The van der Waals surface area contributed by atoms with Gasteiger partial charge in [-0.2, -0.15) is 0 Å². The standard InChI is InChI=1S/C33H33N3O6S/c1-21-28(20-43-30-27(31(38)39)8-5-17-34-30)41-32(42-29(21)24-11-9-23(19-37)10-12-24)25-13-15-26(16-14-25)36-33(40)35-18-22-6-3-2-4-7-22/h2-17,21,28-29,32,37H,18-20H2,1H3,(H,38,39)(H2,35,36,40)/t21-,28+,29+,32+/m0/s1. The monoisotopic (exact) mass is 599 g/mol. The smallest absolute Gasteiger partial charge is 0.338 e. The predicted molar refractivity (Wildman–Crippen MR) is 164 cm³/mol. The molecule has 222 valence electrons. The number of ether oxygens (including phenoxy) is 2. The van der Waals surface area contributed by atoms with Gasteiger partial charge in [0.1, 0.15) is 5.03 Å². The second kappa shape index (κ2) is 14.3. The molecule has 3 aromatic carbocycles. The van der Waals surface area contributed by atoms with Crippen molar-refractivity contribution in [2.24, 2.45) is 5.92 Å². The summed E-state index contributed by atoms with van der Waals surface area (Å²) in [5.74, 6) is -0.640. The zero-order valence-electron chi connectivity index (χ0n) is 23.6. The van der Waals surface area contributed by atoms with Crippen molar-refractivity contribution >= 4 is 29.4 Å². The number of pyridine rings is 1. The van der Waals surface area contributed by atoms with E-state index < -0.39 is 12.3 Å². The highest BCUT2D eigenvalue weighted by molar-refractivity contribution is 7.99. The van der Waals surface area contributed by atoms with E-state index in [9.17, 15) is 19.8 Å². The SMILES string of the molecule is C[C@H]1[C@@H](CSc2ncccc2C(=O)O)O[C@@H](c2ccc(NC(=O)NCc3ccccc3)cc2)O[C@H]1c1ccc(CO)cc1. The molecule has 10 heteroatoms. The molecule has 4 N–H and O–H groups in total. The maximum atomic E-state index is 12.4. The van der Waals surface area contributed by atoms with E-state index >= 15 is 0 Å². The number of nitrogens with one attached hydrogen (secondary N) is 2. The van der Waals surface area contributed by atoms with E-state index in [-0.39, 0.29) is 36.3 Å². The van der Waals surface area contributed by atoms with E-state index in [2.05, 4.69) is 15.6 Å². The Labute approximate surface area is 254 Å². The van der Waals surface area contributed by atoms with Crippen molar-refractivity contribution in [1.29, 1.82) is 0 Å². The van der Waals surface area contributed by atoms with Crippen LogP contribution in [-0.2, 0) is 22.6 Å². The summed E-state index contributed by atoms with van der Waals surface area (Å²) < 4.78 is 12.9. The predicted octanol–water partition coefficient (Wildman–Crippen LogP) is 6.18. The van der Waals surface area contributed by atoms with Crippen LogP contribution in [0.1, 0.15) is 51.9 Å². The molecular formula is C33H33N3O6S. The molecule has 0 aliphatic carbocycles. The molecule has 0 bridgehead atoms. The first-order valence-electron chi connectivity index (χ1n) is 13.9. The third-order valence-corrected chi connectivity index (χ3v) is 8.34. The van der Waals surface area contributed by atoms with Crippen molar-refractivity contribution < 1.29 is 29.3 Å². The summed E-state index contributed by atoms with van der Waals surface area (Å²) in [4.78, 5) is 28.4. The number of amides is 2. The van der Waals surface area contributed by atoms with Gasteiger partial charge in [0.15, 0.2) is 6.29 Å². The van der Waals surface area contributed by atoms with Crippen LogP contribution in [0.25, 0.3) is 0 Å². The Hall–Kier alpha value is -4.22. The zero-order valence-corrected chi connectivity index (χ0v) is 24.4. The molecule has 5 rings (SSSR count). The Kier molecular flexibility index (Phi) is 10.1. The molecule has 0 saturated carbocycles. The van der Waals surface area contributed by atoms with E-state index in [1.54, 1.807) is 24.4 Å². The van der Waals surface area contributed by atoms with Crippen LogP contribution in [0.5, 0.6) is 0 Å². The van der Waals surface area contributed by atoms with Crippen LogP contribution in [0.2, 0.25) is 0 Å². The van der Waals surface area contributed by atoms with E-state index in [0.717, 1.165) is 22.3 Å². The number of rotatable bonds is 10. The van der Waals surface area contributed by atoms with E-state index in [0.29, 0.717) is 23.0 Å². The number of anilines is 1. The highest BCUT2D eigenvalue weighted by Crippen LogP contribution is 2.43. The third kappa shape index (κ3) is 7.79. The van der Waals surface area contributed by atoms with E-state index in [1.807, 2.05) is 73.7 Å². The largest absolute Gasteiger partial charge is 0.478 e. The number of hydrogen-bond donors (Lipinski definition) is 4. The number of thioether (sulfide) groups is 1. The van der Waals surface area contributed by atoms with Gasteiger partial charge in [0, 0.05) is 35.7 Å². The molecule has 1 aliphatic rings. The van der Waals surface area contributed by atoms with Crippen molar-refractivity contribution in [3.8, 4) is 0 Å². The quantitative estimate of drug-likeness (QED) is 0.159. The minimum absolute atomic E-state index is 0.0486. The zero-order chi connectivity index (χ0) is 30.2. The molecule has 9 nitrogen and oxygen atoms in total. The molecule has 2 amide bonds. The Morgan fingerprint density at radius 1 is 0.884 bits per heavy atom. The number of nitrogens with zero attached hydrogens (tertiary/aromatic N) is 1. The van der Waals surface area contributed by atoms with Crippen molar-refractivity contribution in [2.45, 2.75) is 43.6 Å². The number of carbonyl (C=O) groups excluding carboxylic acids is 1. The molecule has 4 atom stereocenters. The first-order chi connectivity index (χ1) is 20.9. The summed E-state index contributed by atoms with van der Waals surface area (Å²) in [6.45, 7) is 2.41. The number of carbonyl (C=O) groups is 2. The molecule has 1 saturated heterocycles. The molecule has 1 fully saturated rings. The van der Waals surface area contributed by atoms with Crippen LogP contribution in [-0.4, -0.2) is 39.1 Å². The number of aliphatic hydroxyl groups excluding tert-OH is 1. The number of benzene rings is 3. The van der Waals surface area contributed by atoms with Gasteiger partial charge in [0.25, 0.3) is 0 Å². The lowest BCUT2D eigenvalue weighted by Crippen LogP contribution is -2.38. The third-order valence-electron chi connectivity index (χ3n) is 7.25. The topological polar surface area (TPSA) is 130 Å². The lowest BCUT2D eigenvalue weighted by molar-refractivity contribution is -0.268. The van der Waals surface area contributed by atoms with Gasteiger partial charge in [-0.05, 0) is 41.0 Å². The highest BCUT2D eigenvalue weighted by atomic mass is 32.2. The normalized spacial score (nSPS) is 19.9. The molecule has 1 aliphatic heterocycles. The maximum Gasteiger partial charge on any atom is 0.338 e. The number of aliphatic hydroxyl groups is 1.